The molecule has 0 atom stereocenters. The second-order valence-electron chi connectivity index (χ2n) is 4.60. The number of aromatic nitrogens is 1. The van der Waals surface area contributed by atoms with Gasteiger partial charge in [-0.25, -0.2) is 4.98 Å². The molecule has 1 saturated heterocycles. The van der Waals surface area contributed by atoms with Crippen LogP contribution < -0.4 is 4.90 Å². The second-order valence-corrected chi connectivity index (χ2v) is 6.25. The molecule has 1 fully saturated rings. The number of halogens is 1. The highest BCUT2D eigenvalue weighted by atomic mass is 79.9. The van der Waals surface area contributed by atoms with Gasteiger partial charge in [0, 0.05) is 18.5 Å². The van der Waals surface area contributed by atoms with Crippen LogP contribution in [0.4, 0.5) is 5.13 Å². The largest absolute Gasteiger partial charge is 0.348 e. The fourth-order valence-corrected chi connectivity index (χ4v) is 3.00. The van der Waals surface area contributed by atoms with E-state index in [2.05, 4.69) is 45.0 Å². The molecule has 1 aliphatic heterocycles. The maximum Gasteiger partial charge on any atom is 0.186 e. The molecule has 0 amide bonds. The van der Waals surface area contributed by atoms with Crippen molar-refractivity contribution in [3.05, 3.63) is 9.98 Å². The van der Waals surface area contributed by atoms with E-state index in [1.807, 2.05) is 0 Å². The first kappa shape index (κ1) is 10.4. The zero-order valence-corrected chi connectivity index (χ0v) is 11.0. The number of piperidine rings is 1. The van der Waals surface area contributed by atoms with E-state index in [4.69, 9.17) is 0 Å². The van der Waals surface area contributed by atoms with Gasteiger partial charge in [-0.1, -0.05) is 13.8 Å². The highest BCUT2D eigenvalue weighted by molar-refractivity contribution is 9.10. The van der Waals surface area contributed by atoms with Crippen LogP contribution in [0.25, 0.3) is 0 Å². The molecule has 2 nitrogen and oxygen atoms in total. The Hall–Kier alpha value is -0.0900. The molecule has 2 rings (SSSR count). The minimum Gasteiger partial charge on any atom is -0.348 e. The van der Waals surface area contributed by atoms with Gasteiger partial charge in [-0.2, -0.15) is 0 Å². The topological polar surface area (TPSA) is 16.1 Å². The molecule has 0 saturated carbocycles. The van der Waals surface area contributed by atoms with Crippen molar-refractivity contribution < 1.29 is 0 Å². The summed E-state index contributed by atoms with van der Waals surface area (Å²) < 4.78 is 0.960. The van der Waals surface area contributed by atoms with E-state index in [9.17, 15) is 0 Å². The summed E-state index contributed by atoms with van der Waals surface area (Å²) in [5, 5.41) is 3.21. The van der Waals surface area contributed by atoms with Gasteiger partial charge in [0.2, 0.25) is 0 Å². The lowest BCUT2D eigenvalue weighted by Crippen LogP contribution is -2.37. The summed E-state index contributed by atoms with van der Waals surface area (Å²) in [6.07, 6.45) is 2.54. The summed E-state index contributed by atoms with van der Waals surface area (Å²) in [6, 6.07) is 0. The minimum atomic E-state index is 0.519. The van der Waals surface area contributed by atoms with Crippen LogP contribution in [0.2, 0.25) is 0 Å². The lowest BCUT2D eigenvalue weighted by atomic mass is 9.83. The van der Waals surface area contributed by atoms with Crippen LogP contribution in [0.15, 0.2) is 9.98 Å². The van der Waals surface area contributed by atoms with Gasteiger partial charge in [0.1, 0.15) is 4.60 Å². The Bertz CT molecular complexity index is 312. The molecule has 0 spiro atoms. The molecular formula is C10H15BrN2S. The van der Waals surface area contributed by atoms with Crippen molar-refractivity contribution in [2.75, 3.05) is 18.0 Å². The summed E-state index contributed by atoms with van der Waals surface area (Å²) in [5.74, 6) is 0. The summed E-state index contributed by atoms with van der Waals surface area (Å²) in [4.78, 5) is 6.83. The monoisotopic (exact) mass is 274 g/mol. The molecule has 0 unspecified atom stereocenters. The van der Waals surface area contributed by atoms with Crippen molar-refractivity contribution in [3.63, 3.8) is 0 Å². The van der Waals surface area contributed by atoms with Gasteiger partial charge in [-0.3, -0.25) is 0 Å². The van der Waals surface area contributed by atoms with Gasteiger partial charge < -0.3 is 4.90 Å². The summed E-state index contributed by atoms with van der Waals surface area (Å²) in [5.41, 5.74) is 0.519. The van der Waals surface area contributed by atoms with E-state index in [-0.39, 0.29) is 0 Å². The van der Waals surface area contributed by atoms with Crippen molar-refractivity contribution >= 4 is 32.4 Å². The first-order chi connectivity index (χ1) is 6.57. The van der Waals surface area contributed by atoms with Crippen LogP contribution in [0.3, 0.4) is 0 Å². The predicted molar refractivity (Wildman–Crippen MR) is 65.0 cm³/mol. The van der Waals surface area contributed by atoms with Gasteiger partial charge >= 0.3 is 0 Å². The van der Waals surface area contributed by atoms with E-state index in [0.29, 0.717) is 5.41 Å². The normalized spacial score (nSPS) is 21.2. The standard InChI is InChI=1S/C10H15BrN2S/c1-10(2)3-5-13(6-4-10)9-12-8(11)7-14-9/h7H,3-6H2,1-2H3. The molecule has 0 N–H and O–H groups in total. The fraction of sp³-hybridized carbons (Fsp3) is 0.700. The molecule has 0 aliphatic carbocycles. The van der Waals surface area contributed by atoms with Crippen LogP contribution in [-0.2, 0) is 0 Å². The first-order valence-electron chi connectivity index (χ1n) is 4.93. The van der Waals surface area contributed by atoms with Gasteiger partial charge in [0.15, 0.2) is 5.13 Å². The number of hydrogen-bond donors (Lipinski definition) is 0. The molecule has 1 aromatic rings. The van der Waals surface area contributed by atoms with Crippen molar-refractivity contribution in [3.8, 4) is 0 Å². The lowest BCUT2D eigenvalue weighted by molar-refractivity contribution is 0.279. The van der Waals surface area contributed by atoms with Gasteiger partial charge in [-0.05, 0) is 34.2 Å². The Labute approximate surface area is 97.5 Å². The highest BCUT2D eigenvalue weighted by Crippen LogP contribution is 2.33. The summed E-state index contributed by atoms with van der Waals surface area (Å²) in [7, 11) is 0. The molecule has 1 aromatic heterocycles. The third-order valence-corrected chi connectivity index (χ3v) is 4.46. The first-order valence-corrected chi connectivity index (χ1v) is 6.60. The molecule has 1 aliphatic rings. The number of anilines is 1. The molecule has 0 aromatic carbocycles. The molecule has 0 radical (unpaired) electrons. The summed E-state index contributed by atoms with van der Waals surface area (Å²) >= 11 is 5.12. The minimum absolute atomic E-state index is 0.519. The highest BCUT2D eigenvalue weighted by Gasteiger charge is 2.26. The molecule has 2 heterocycles. The molecule has 0 bridgehead atoms. The van der Waals surface area contributed by atoms with E-state index >= 15 is 0 Å². The van der Waals surface area contributed by atoms with Crippen LogP contribution in [0, 0.1) is 5.41 Å². The van der Waals surface area contributed by atoms with E-state index in [0.717, 1.165) is 22.8 Å². The summed E-state index contributed by atoms with van der Waals surface area (Å²) in [6.45, 7) is 6.99. The third-order valence-electron chi connectivity index (χ3n) is 2.85. The molecule has 4 heteroatoms. The van der Waals surface area contributed by atoms with Gasteiger partial charge in [0.05, 0.1) is 0 Å². The van der Waals surface area contributed by atoms with E-state index in [1.54, 1.807) is 11.3 Å². The third kappa shape index (κ3) is 2.28. The Morgan fingerprint density at radius 3 is 2.57 bits per heavy atom. The number of rotatable bonds is 1. The van der Waals surface area contributed by atoms with E-state index in [1.165, 1.54) is 12.8 Å². The average molecular weight is 275 g/mol. The second kappa shape index (κ2) is 3.81. The zero-order valence-electron chi connectivity index (χ0n) is 8.59. The predicted octanol–water partition coefficient (Wildman–Crippen LogP) is 3.53. The average Bonchev–Trinajstić information content (AvgIpc) is 2.52. The van der Waals surface area contributed by atoms with Crippen molar-refractivity contribution in [2.24, 2.45) is 5.41 Å². The molecule has 14 heavy (non-hydrogen) atoms. The molecular weight excluding hydrogens is 260 g/mol. The van der Waals surface area contributed by atoms with Crippen molar-refractivity contribution in [1.82, 2.24) is 4.98 Å². The van der Waals surface area contributed by atoms with Crippen LogP contribution in [0.5, 0.6) is 0 Å². The Morgan fingerprint density at radius 1 is 1.43 bits per heavy atom. The van der Waals surface area contributed by atoms with E-state index < -0.39 is 0 Å². The van der Waals surface area contributed by atoms with Gasteiger partial charge in [0.25, 0.3) is 0 Å². The van der Waals surface area contributed by atoms with Crippen LogP contribution >= 0.6 is 27.3 Å². The zero-order chi connectivity index (χ0) is 10.2. The lowest BCUT2D eigenvalue weighted by Gasteiger charge is -2.36. The Balaban J connectivity index is 2.02. The maximum atomic E-state index is 4.44. The number of thiazole rings is 1. The van der Waals surface area contributed by atoms with Crippen molar-refractivity contribution in [1.29, 1.82) is 0 Å². The molecule has 78 valence electrons. The van der Waals surface area contributed by atoms with Gasteiger partial charge in [-0.15, -0.1) is 11.3 Å². The Kier molecular flexibility index (Phi) is 2.84. The smallest absolute Gasteiger partial charge is 0.186 e. The SMILES string of the molecule is CC1(C)CCN(c2nc(Br)cs2)CC1. The number of hydrogen-bond acceptors (Lipinski definition) is 3. The fourth-order valence-electron chi connectivity index (χ4n) is 1.69. The van der Waals surface area contributed by atoms with Crippen molar-refractivity contribution in [2.45, 2.75) is 26.7 Å². The quantitative estimate of drug-likeness (QED) is 0.779. The maximum absolute atomic E-state index is 4.44. The number of nitrogens with zero attached hydrogens (tertiary/aromatic N) is 2. The van der Waals surface area contributed by atoms with Crippen LogP contribution in [0.1, 0.15) is 26.7 Å². The Morgan fingerprint density at radius 2 is 2.07 bits per heavy atom. The van der Waals surface area contributed by atoms with Crippen LogP contribution in [-0.4, -0.2) is 18.1 Å².